The Morgan fingerprint density at radius 3 is 1.48 bits per heavy atom. The average molecular weight is 359 g/mol. The summed E-state index contributed by atoms with van der Waals surface area (Å²) in [5, 5.41) is 3.04. The first-order valence-electron chi connectivity index (χ1n) is 9.22. The molecule has 0 spiro atoms. The van der Waals surface area contributed by atoms with Gasteiger partial charge in [0.15, 0.2) is 0 Å². The third-order valence-corrected chi connectivity index (χ3v) is 4.71. The van der Waals surface area contributed by atoms with E-state index in [1.165, 1.54) is 77.0 Å². The third kappa shape index (κ3) is 25.2. The maximum absolute atomic E-state index is 10.5. The van der Waals surface area contributed by atoms with Crippen molar-refractivity contribution in [3.8, 4) is 0 Å². The van der Waals surface area contributed by atoms with Crippen LogP contribution in [0.3, 0.4) is 0 Å². The summed E-state index contributed by atoms with van der Waals surface area (Å²) in [7, 11) is -3.81. The normalized spacial score (nSPS) is 11.4. The molecule has 0 aromatic heterocycles. The summed E-state index contributed by atoms with van der Waals surface area (Å²) in [5.41, 5.74) is 0. The van der Waals surface area contributed by atoms with E-state index in [1.807, 2.05) is 0 Å². The zero-order chi connectivity index (χ0) is 16.5. The zero-order valence-corrected chi connectivity index (χ0v) is 18.3. The summed E-state index contributed by atoms with van der Waals surface area (Å²) in [6.45, 7) is 3.44. The number of nitrogens with one attached hydrogen (secondary N) is 1. The van der Waals surface area contributed by atoms with Gasteiger partial charge in [-0.2, -0.15) is 8.42 Å². The van der Waals surface area contributed by atoms with Gasteiger partial charge in [0.2, 0.25) is 0 Å². The van der Waals surface area contributed by atoms with Crippen molar-refractivity contribution in [1.29, 1.82) is 0 Å². The van der Waals surface area contributed by atoms with Crippen molar-refractivity contribution in [2.75, 3.05) is 18.8 Å². The molecule has 0 amide bonds. The quantitative estimate of drug-likeness (QED) is 0.235. The Labute approximate surface area is 166 Å². The van der Waals surface area contributed by atoms with Crippen LogP contribution < -0.4 is 34.9 Å². The molecule has 6 heteroatoms. The molecule has 0 saturated heterocycles. The summed E-state index contributed by atoms with van der Waals surface area (Å²) in [4.78, 5) is 0. The van der Waals surface area contributed by atoms with E-state index >= 15 is 0 Å². The van der Waals surface area contributed by atoms with E-state index in [2.05, 4.69) is 12.2 Å². The zero-order valence-electron chi connectivity index (χ0n) is 15.5. The van der Waals surface area contributed by atoms with Gasteiger partial charge in [-0.05, 0) is 13.0 Å². The van der Waals surface area contributed by atoms with E-state index in [1.54, 1.807) is 0 Å². The van der Waals surface area contributed by atoms with Crippen LogP contribution in [0.5, 0.6) is 0 Å². The first kappa shape index (κ1) is 26.1. The van der Waals surface area contributed by atoms with Crippen molar-refractivity contribution in [1.82, 2.24) is 5.32 Å². The van der Waals surface area contributed by atoms with Gasteiger partial charge in [-0.25, -0.2) is 0 Å². The van der Waals surface area contributed by atoms with Gasteiger partial charge >= 0.3 is 29.6 Å². The van der Waals surface area contributed by atoms with Crippen LogP contribution in [-0.2, 0) is 10.1 Å². The van der Waals surface area contributed by atoms with E-state index < -0.39 is 10.1 Å². The van der Waals surface area contributed by atoms with E-state index in [-0.39, 0.29) is 35.3 Å². The fourth-order valence-corrected chi connectivity index (χ4v) is 3.00. The molecule has 0 unspecified atom stereocenters. The van der Waals surface area contributed by atoms with Crippen LogP contribution in [0.25, 0.3) is 0 Å². The topological polar surface area (TPSA) is 66.4 Å². The second-order valence-corrected chi connectivity index (χ2v) is 7.85. The van der Waals surface area contributed by atoms with Gasteiger partial charge in [0.25, 0.3) is 10.1 Å². The molecule has 0 aliphatic carbocycles. The third-order valence-electron chi connectivity index (χ3n) is 3.99. The second kappa shape index (κ2) is 19.2. The summed E-state index contributed by atoms with van der Waals surface area (Å²) in [6.07, 6.45) is 17.4. The predicted octanol–water partition coefficient (Wildman–Crippen LogP) is 1.56. The smallest absolute Gasteiger partial charge is 0.316 e. The number of unbranched alkanes of at least 4 members (excludes halogenated alkanes) is 12. The maximum Gasteiger partial charge on any atom is 1.00 e. The minimum absolute atomic E-state index is 0. The van der Waals surface area contributed by atoms with Crippen LogP contribution in [0.2, 0.25) is 0 Å². The van der Waals surface area contributed by atoms with Crippen LogP contribution in [0.1, 0.15) is 90.4 Å². The largest absolute Gasteiger partial charge is 1.00 e. The van der Waals surface area contributed by atoms with E-state index in [0.29, 0.717) is 6.54 Å². The van der Waals surface area contributed by atoms with Gasteiger partial charge in [0, 0.05) is 6.54 Å². The van der Waals surface area contributed by atoms with Crippen molar-refractivity contribution in [2.45, 2.75) is 90.4 Å². The molecule has 0 radical (unpaired) electrons. The molecule has 0 bridgehead atoms. The fraction of sp³-hybridized carbons (Fsp3) is 1.00. The van der Waals surface area contributed by atoms with E-state index in [0.717, 1.165) is 13.0 Å². The van der Waals surface area contributed by atoms with Crippen LogP contribution in [0, 0.1) is 0 Å². The predicted molar refractivity (Wildman–Crippen MR) is 95.0 cm³/mol. The molecule has 134 valence electrons. The van der Waals surface area contributed by atoms with E-state index in [9.17, 15) is 8.42 Å². The average Bonchev–Trinajstić information content (AvgIpc) is 2.45. The molecule has 0 fully saturated rings. The summed E-state index contributed by atoms with van der Waals surface area (Å²) in [6, 6.07) is 0. The fourth-order valence-electron chi connectivity index (χ4n) is 2.59. The first-order valence-corrected chi connectivity index (χ1v) is 10.8. The first-order chi connectivity index (χ1) is 10.6. The molecule has 0 saturated carbocycles. The molecule has 0 atom stereocenters. The Morgan fingerprint density at radius 1 is 0.696 bits per heavy atom. The molecular weight excluding hydrogens is 321 g/mol. The van der Waals surface area contributed by atoms with Gasteiger partial charge in [-0.1, -0.05) is 84.0 Å². The monoisotopic (exact) mass is 358 g/mol. The molecule has 0 aromatic carbocycles. The summed E-state index contributed by atoms with van der Waals surface area (Å²) in [5.74, 6) is -0.189. The Balaban J connectivity index is 0. The van der Waals surface area contributed by atoms with Crippen molar-refractivity contribution >= 4 is 10.1 Å². The molecule has 0 aromatic rings. The van der Waals surface area contributed by atoms with Crippen LogP contribution in [0.15, 0.2) is 0 Å². The molecule has 23 heavy (non-hydrogen) atoms. The minimum atomic E-state index is -3.81. The summed E-state index contributed by atoms with van der Waals surface area (Å²) < 4.78 is 29.6. The minimum Gasteiger partial charge on any atom is -0.316 e. The second-order valence-electron chi connectivity index (χ2n) is 6.28. The Hall–Kier alpha value is 0.870. The Bertz CT molecular complexity index is 324. The summed E-state index contributed by atoms with van der Waals surface area (Å²) >= 11 is 0. The van der Waals surface area contributed by atoms with Crippen molar-refractivity contribution in [3.63, 3.8) is 0 Å². The molecule has 2 N–H and O–H groups in total. The SMILES string of the molecule is CCCCCCCCCCCCCCCNCCS(=O)(=O)O.[Na+]. The molecule has 0 rings (SSSR count). The number of hydrogen-bond acceptors (Lipinski definition) is 3. The van der Waals surface area contributed by atoms with Gasteiger partial charge in [-0.15, -0.1) is 0 Å². The standard InChI is InChI=1S/C17H37NO3S.Na/c1-2-3-4-5-6-7-8-9-10-11-12-13-14-15-18-16-17-22(19,20)21;/h18H,2-17H2,1H3,(H,19,20,21);/q;+1. The van der Waals surface area contributed by atoms with Crippen molar-refractivity contribution < 1.29 is 42.5 Å². The molecule has 0 aliphatic heterocycles. The van der Waals surface area contributed by atoms with Gasteiger partial charge in [-0.3, -0.25) is 4.55 Å². The van der Waals surface area contributed by atoms with Crippen LogP contribution >= 0.6 is 0 Å². The van der Waals surface area contributed by atoms with Crippen molar-refractivity contribution in [2.24, 2.45) is 0 Å². The number of rotatable bonds is 17. The Morgan fingerprint density at radius 2 is 1.09 bits per heavy atom. The van der Waals surface area contributed by atoms with Crippen LogP contribution in [-0.4, -0.2) is 31.8 Å². The molecular formula is C17H37NNaO3S+. The van der Waals surface area contributed by atoms with Gasteiger partial charge in [0.1, 0.15) is 0 Å². The maximum atomic E-state index is 10.5. The molecule has 4 nitrogen and oxygen atoms in total. The number of hydrogen-bond donors (Lipinski definition) is 2. The molecule has 0 aliphatic rings. The van der Waals surface area contributed by atoms with Gasteiger partial charge in [0.05, 0.1) is 5.75 Å². The van der Waals surface area contributed by atoms with Crippen LogP contribution in [0.4, 0.5) is 0 Å². The molecule has 0 heterocycles. The van der Waals surface area contributed by atoms with Crippen molar-refractivity contribution in [3.05, 3.63) is 0 Å². The van der Waals surface area contributed by atoms with E-state index in [4.69, 9.17) is 4.55 Å². The van der Waals surface area contributed by atoms with Gasteiger partial charge < -0.3 is 5.32 Å². The Kier molecular flexibility index (Phi) is 21.8.